The molecule has 3 heterocycles. The normalized spacial score (nSPS) is 19.3. The number of carbonyl (C=O) groups excluding carboxylic acids is 2. The summed E-state index contributed by atoms with van der Waals surface area (Å²) in [6.45, 7) is 4.41. The van der Waals surface area contributed by atoms with Gasteiger partial charge in [0.05, 0.1) is 0 Å². The van der Waals surface area contributed by atoms with Crippen molar-refractivity contribution in [2.24, 2.45) is 0 Å². The number of aromatic nitrogens is 1. The Hall–Kier alpha value is -2.69. The van der Waals surface area contributed by atoms with Gasteiger partial charge in [-0.05, 0) is 48.9 Å². The summed E-state index contributed by atoms with van der Waals surface area (Å²) in [5.74, 6) is 0.219. The molecule has 5 nitrogen and oxygen atoms in total. The maximum atomic E-state index is 13.1. The number of amides is 2. The van der Waals surface area contributed by atoms with Crippen molar-refractivity contribution in [2.45, 2.75) is 32.1 Å². The van der Waals surface area contributed by atoms with Crippen molar-refractivity contribution in [1.29, 1.82) is 0 Å². The maximum absolute atomic E-state index is 13.1. The molecule has 0 unspecified atom stereocenters. The minimum absolute atomic E-state index is 0.0789. The van der Waals surface area contributed by atoms with Gasteiger partial charge in [-0.3, -0.25) is 9.59 Å². The van der Waals surface area contributed by atoms with E-state index in [1.807, 2.05) is 23.1 Å². The van der Waals surface area contributed by atoms with Gasteiger partial charge in [0.25, 0.3) is 11.8 Å². The monoisotopic (exact) mass is 349 g/mol. The zero-order valence-corrected chi connectivity index (χ0v) is 15.0. The van der Waals surface area contributed by atoms with Gasteiger partial charge >= 0.3 is 0 Å². The summed E-state index contributed by atoms with van der Waals surface area (Å²) in [6.07, 6.45) is 3.00. The Morgan fingerprint density at radius 2 is 1.62 bits per heavy atom. The molecular formula is C21H23N3O2. The Balaban J connectivity index is 1.62. The maximum Gasteiger partial charge on any atom is 0.276 e. The Morgan fingerprint density at radius 1 is 0.923 bits per heavy atom. The molecule has 1 aromatic heterocycles. The molecule has 2 amide bonds. The summed E-state index contributed by atoms with van der Waals surface area (Å²) in [5, 5.41) is 0. The third-order valence-electron chi connectivity index (χ3n) is 5.37. The van der Waals surface area contributed by atoms with Crippen LogP contribution in [0.1, 0.15) is 58.6 Å². The number of pyridine rings is 1. The SMILES string of the molecule is C[C@H]1CCN(C(=O)c2cccc(C(=O)N3CCCC3)n2)c2ccccc21. The summed E-state index contributed by atoms with van der Waals surface area (Å²) in [5.41, 5.74) is 2.83. The summed E-state index contributed by atoms with van der Waals surface area (Å²) >= 11 is 0. The summed E-state index contributed by atoms with van der Waals surface area (Å²) in [7, 11) is 0. The van der Waals surface area contributed by atoms with Crippen molar-refractivity contribution >= 4 is 17.5 Å². The van der Waals surface area contributed by atoms with Crippen LogP contribution in [0.15, 0.2) is 42.5 Å². The Kier molecular flexibility index (Phi) is 4.45. The predicted octanol–water partition coefficient (Wildman–Crippen LogP) is 3.47. The number of hydrogen-bond donors (Lipinski definition) is 0. The standard InChI is InChI=1S/C21H23N3O2/c1-15-11-14-24(19-10-3-2-7-16(15)19)21(26)18-9-6-8-17(22-18)20(25)23-12-4-5-13-23/h2-3,6-10,15H,4-5,11-14H2,1H3/t15-/m0/s1. The number of likely N-dealkylation sites (tertiary alicyclic amines) is 1. The van der Waals surface area contributed by atoms with Crippen molar-refractivity contribution in [3.8, 4) is 0 Å². The molecule has 0 saturated carbocycles. The first-order valence-electron chi connectivity index (χ1n) is 9.32. The average Bonchev–Trinajstić information content (AvgIpc) is 3.22. The highest BCUT2D eigenvalue weighted by atomic mass is 16.2. The zero-order valence-electron chi connectivity index (χ0n) is 15.0. The molecule has 0 bridgehead atoms. The summed E-state index contributed by atoms with van der Waals surface area (Å²) < 4.78 is 0. The molecule has 0 spiro atoms. The quantitative estimate of drug-likeness (QED) is 0.834. The van der Waals surface area contributed by atoms with Gasteiger partial charge in [-0.25, -0.2) is 4.98 Å². The number of rotatable bonds is 2. The van der Waals surface area contributed by atoms with Crippen LogP contribution in [0.4, 0.5) is 5.69 Å². The molecule has 1 aromatic carbocycles. The van der Waals surface area contributed by atoms with E-state index < -0.39 is 0 Å². The van der Waals surface area contributed by atoms with Crippen LogP contribution in [0, 0.1) is 0 Å². The van der Waals surface area contributed by atoms with Crippen molar-refractivity contribution in [2.75, 3.05) is 24.5 Å². The van der Waals surface area contributed by atoms with Gasteiger partial charge in [-0.15, -0.1) is 0 Å². The van der Waals surface area contributed by atoms with E-state index in [0.717, 1.165) is 38.0 Å². The summed E-state index contributed by atoms with van der Waals surface area (Å²) in [6, 6.07) is 13.2. The first-order valence-corrected chi connectivity index (χ1v) is 9.32. The van der Waals surface area contributed by atoms with Crippen LogP contribution in [-0.4, -0.2) is 41.3 Å². The van der Waals surface area contributed by atoms with Gasteiger partial charge in [-0.1, -0.05) is 31.2 Å². The Bertz CT molecular complexity index is 843. The molecule has 26 heavy (non-hydrogen) atoms. The molecule has 0 N–H and O–H groups in total. The molecule has 2 aliphatic heterocycles. The molecule has 2 aliphatic rings. The number of benzene rings is 1. The second-order valence-corrected chi connectivity index (χ2v) is 7.11. The Morgan fingerprint density at radius 3 is 2.38 bits per heavy atom. The van der Waals surface area contributed by atoms with Gasteiger partial charge in [-0.2, -0.15) is 0 Å². The lowest BCUT2D eigenvalue weighted by Crippen LogP contribution is -2.37. The number of carbonyl (C=O) groups is 2. The van der Waals surface area contributed by atoms with Gasteiger partial charge in [0.15, 0.2) is 0 Å². The van der Waals surface area contributed by atoms with Crippen molar-refractivity contribution in [3.63, 3.8) is 0 Å². The van der Waals surface area contributed by atoms with E-state index in [-0.39, 0.29) is 11.8 Å². The van der Waals surface area contributed by atoms with Crippen LogP contribution < -0.4 is 4.90 Å². The van der Waals surface area contributed by atoms with E-state index in [0.29, 0.717) is 23.9 Å². The molecule has 1 fully saturated rings. The smallest absolute Gasteiger partial charge is 0.276 e. The van der Waals surface area contributed by atoms with Crippen molar-refractivity contribution in [3.05, 3.63) is 59.4 Å². The fourth-order valence-corrected chi connectivity index (χ4v) is 3.85. The minimum Gasteiger partial charge on any atom is -0.337 e. The lowest BCUT2D eigenvalue weighted by atomic mass is 9.91. The highest BCUT2D eigenvalue weighted by Gasteiger charge is 2.28. The van der Waals surface area contributed by atoms with E-state index >= 15 is 0 Å². The third kappa shape index (κ3) is 2.98. The van der Waals surface area contributed by atoms with Crippen molar-refractivity contribution in [1.82, 2.24) is 9.88 Å². The molecular weight excluding hydrogens is 326 g/mol. The van der Waals surface area contributed by atoms with Crippen LogP contribution in [0.3, 0.4) is 0 Å². The molecule has 1 saturated heterocycles. The molecule has 1 atom stereocenters. The molecule has 4 rings (SSSR count). The average molecular weight is 349 g/mol. The van der Waals surface area contributed by atoms with Gasteiger partial charge in [0, 0.05) is 25.3 Å². The highest BCUT2D eigenvalue weighted by molar-refractivity contribution is 6.06. The molecule has 0 radical (unpaired) electrons. The number of hydrogen-bond acceptors (Lipinski definition) is 3. The van der Waals surface area contributed by atoms with E-state index in [4.69, 9.17) is 0 Å². The largest absolute Gasteiger partial charge is 0.337 e. The minimum atomic E-state index is -0.138. The highest BCUT2D eigenvalue weighted by Crippen LogP contribution is 2.35. The lowest BCUT2D eigenvalue weighted by Gasteiger charge is -2.32. The van der Waals surface area contributed by atoms with Crippen LogP contribution in [0.2, 0.25) is 0 Å². The predicted molar refractivity (Wildman–Crippen MR) is 101 cm³/mol. The zero-order chi connectivity index (χ0) is 18.1. The number of anilines is 1. The molecule has 2 aromatic rings. The van der Waals surface area contributed by atoms with Gasteiger partial charge < -0.3 is 9.80 Å². The van der Waals surface area contributed by atoms with E-state index in [9.17, 15) is 9.59 Å². The van der Waals surface area contributed by atoms with Crippen LogP contribution in [0.5, 0.6) is 0 Å². The van der Waals surface area contributed by atoms with Gasteiger partial charge in [0.1, 0.15) is 11.4 Å². The third-order valence-corrected chi connectivity index (χ3v) is 5.37. The first kappa shape index (κ1) is 16.8. The topological polar surface area (TPSA) is 53.5 Å². The lowest BCUT2D eigenvalue weighted by molar-refractivity contribution is 0.0787. The van der Waals surface area contributed by atoms with Crippen LogP contribution in [-0.2, 0) is 0 Å². The van der Waals surface area contributed by atoms with Crippen molar-refractivity contribution < 1.29 is 9.59 Å². The summed E-state index contributed by atoms with van der Waals surface area (Å²) in [4.78, 5) is 33.7. The van der Waals surface area contributed by atoms with E-state index in [2.05, 4.69) is 18.0 Å². The second kappa shape index (κ2) is 6.90. The van der Waals surface area contributed by atoms with E-state index in [1.165, 1.54) is 5.56 Å². The van der Waals surface area contributed by atoms with E-state index in [1.54, 1.807) is 23.1 Å². The first-order chi connectivity index (χ1) is 12.6. The number of nitrogens with zero attached hydrogens (tertiary/aromatic N) is 3. The fourth-order valence-electron chi connectivity index (χ4n) is 3.85. The second-order valence-electron chi connectivity index (χ2n) is 7.11. The Labute approximate surface area is 153 Å². The molecule has 134 valence electrons. The number of fused-ring (bicyclic) bond motifs is 1. The molecule has 5 heteroatoms. The van der Waals surface area contributed by atoms with Gasteiger partial charge in [0.2, 0.25) is 0 Å². The van der Waals surface area contributed by atoms with Crippen LogP contribution in [0.25, 0.3) is 0 Å². The fraction of sp³-hybridized carbons (Fsp3) is 0.381. The molecule has 0 aliphatic carbocycles. The number of para-hydroxylation sites is 1. The van der Waals surface area contributed by atoms with Crippen LogP contribution >= 0.6 is 0 Å².